The van der Waals surface area contributed by atoms with Gasteiger partial charge in [0.25, 0.3) is 5.91 Å². The van der Waals surface area contributed by atoms with E-state index in [0.717, 1.165) is 29.7 Å². The first-order valence-corrected chi connectivity index (χ1v) is 8.57. The molecule has 6 heteroatoms. The molecule has 0 saturated carbocycles. The number of halogens is 1. The van der Waals surface area contributed by atoms with E-state index < -0.39 is 0 Å². The van der Waals surface area contributed by atoms with Crippen molar-refractivity contribution in [3.05, 3.63) is 57.6 Å². The van der Waals surface area contributed by atoms with Gasteiger partial charge in [0.15, 0.2) is 0 Å². The van der Waals surface area contributed by atoms with E-state index in [4.69, 9.17) is 4.74 Å². The molecule has 5 nitrogen and oxygen atoms in total. The van der Waals surface area contributed by atoms with Crippen LogP contribution >= 0.6 is 15.9 Å². The maximum Gasteiger partial charge on any atom is 0.273 e. The average molecular weight is 390 g/mol. The summed E-state index contributed by atoms with van der Waals surface area (Å²) < 4.78 is 6.09. The lowest BCUT2D eigenvalue weighted by molar-refractivity contribution is 0.0959. The summed E-state index contributed by atoms with van der Waals surface area (Å²) in [5.41, 5.74) is 9.82. The lowest BCUT2D eigenvalue weighted by Crippen LogP contribution is -2.32. The summed E-state index contributed by atoms with van der Waals surface area (Å²) in [6, 6.07) is 11.5. The summed E-state index contributed by atoms with van der Waals surface area (Å²) in [6.45, 7) is 1.94. The van der Waals surface area contributed by atoms with Gasteiger partial charge in [-0.05, 0) is 48.9 Å². The zero-order valence-corrected chi connectivity index (χ0v) is 15.3. The quantitative estimate of drug-likeness (QED) is 0.788. The van der Waals surface area contributed by atoms with Crippen LogP contribution in [0.15, 0.2) is 40.9 Å². The smallest absolute Gasteiger partial charge is 0.273 e. The minimum absolute atomic E-state index is 0.237. The van der Waals surface area contributed by atoms with Crippen LogP contribution in [0.5, 0.6) is 5.75 Å². The van der Waals surface area contributed by atoms with E-state index in [1.165, 1.54) is 11.1 Å². The molecule has 1 aliphatic rings. The number of nitrogens with zero attached hydrogens (tertiary/aromatic N) is 1. The van der Waals surface area contributed by atoms with Crippen LogP contribution in [0.3, 0.4) is 0 Å². The molecule has 0 aliphatic carbocycles. The normalized spacial score (nSPS) is 14.0. The van der Waals surface area contributed by atoms with Crippen molar-refractivity contribution in [2.75, 3.05) is 26.1 Å². The fourth-order valence-corrected chi connectivity index (χ4v) is 3.28. The third-order valence-corrected chi connectivity index (χ3v) is 4.67. The Labute approximate surface area is 150 Å². The fraction of sp³-hybridized carbons (Fsp3) is 0.278. The summed E-state index contributed by atoms with van der Waals surface area (Å²) >= 11 is 3.38. The topological polar surface area (TPSA) is 53.6 Å². The van der Waals surface area contributed by atoms with Crippen molar-refractivity contribution in [1.29, 1.82) is 0 Å². The summed E-state index contributed by atoms with van der Waals surface area (Å²) in [5.74, 6) is 0.299. The molecule has 2 aromatic carbocycles. The number of hydrazine groups is 1. The van der Waals surface area contributed by atoms with Gasteiger partial charge in [0.2, 0.25) is 0 Å². The molecule has 1 amide bonds. The largest absolute Gasteiger partial charge is 0.496 e. The average Bonchev–Trinajstić information content (AvgIpc) is 2.59. The van der Waals surface area contributed by atoms with Gasteiger partial charge in [-0.2, -0.15) is 0 Å². The monoisotopic (exact) mass is 389 g/mol. The molecule has 0 bridgehead atoms. The second kappa shape index (κ2) is 7.23. The van der Waals surface area contributed by atoms with Crippen molar-refractivity contribution < 1.29 is 9.53 Å². The van der Waals surface area contributed by atoms with Crippen LogP contribution in [0.1, 0.15) is 21.5 Å². The molecule has 3 rings (SSSR count). The second-order valence-corrected chi connectivity index (χ2v) is 6.77. The Morgan fingerprint density at radius 1 is 1.29 bits per heavy atom. The van der Waals surface area contributed by atoms with Crippen LogP contribution in [0.4, 0.5) is 5.69 Å². The Bertz CT molecular complexity index is 764. The van der Waals surface area contributed by atoms with E-state index in [9.17, 15) is 4.79 Å². The number of hydrogen-bond acceptors (Lipinski definition) is 4. The fourth-order valence-electron chi connectivity index (χ4n) is 2.92. The molecule has 1 aliphatic heterocycles. The molecule has 1 heterocycles. The van der Waals surface area contributed by atoms with Crippen molar-refractivity contribution in [3.8, 4) is 5.75 Å². The first kappa shape index (κ1) is 16.8. The molecule has 24 heavy (non-hydrogen) atoms. The summed E-state index contributed by atoms with van der Waals surface area (Å²) in [7, 11) is 3.67. The first-order chi connectivity index (χ1) is 11.6. The van der Waals surface area contributed by atoms with E-state index in [2.05, 4.69) is 44.8 Å². The number of rotatable bonds is 4. The molecule has 0 unspecified atom stereocenters. The van der Waals surface area contributed by atoms with Crippen LogP contribution in [-0.2, 0) is 13.0 Å². The van der Waals surface area contributed by atoms with Crippen LogP contribution in [-0.4, -0.2) is 31.5 Å². The maximum absolute atomic E-state index is 12.5. The molecule has 0 saturated heterocycles. The number of anilines is 1. The molecule has 2 N–H and O–H groups in total. The van der Waals surface area contributed by atoms with Gasteiger partial charge in [-0.25, -0.2) is 0 Å². The molecule has 0 atom stereocenters. The van der Waals surface area contributed by atoms with Crippen molar-refractivity contribution in [1.82, 2.24) is 10.3 Å². The molecular formula is C18H20BrN3O2. The number of fused-ring (bicyclic) bond motifs is 1. The number of likely N-dealkylation sites (N-methyl/N-ethyl adjacent to an activating group) is 1. The van der Waals surface area contributed by atoms with Gasteiger partial charge < -0.3 is 9.64 Å². The molecule has 0 fully saturated rings. The van der Waals surface area contributed by atoms with Gasteiger partial charge >= 0.3 is 0 Å². The van der Waals surface area contributed by atoms with Gasteiger partial charge in [0.05, 0.1) is 18.4 Å². The highest BCUT2D eigenvalue weighted by atomic mass is 79.9. The Morgan fingerprint density at radius 2 is 2.12 bits per heavy atom. The molecule has 0 spiro atoms. The molecule has 0 radical (unpaired) electrons. The Kier molecular flexibility index (Phi) is 5.06. The van der Waals surface area contributed by atoms with Crippen LogP contribution in [0, 0.1) is 0 Å². The zero-order chi connectivity index (χ0) is 17.1. The van der Waals surface area contributed by atoms with Gasteiger partial charge in [-0.3, -0.25) is 15.6 Å². The number of methoxy groups -OCH3 is 1. The number of carbonyl (C=O) groups excluding carboxylic acids is 1. The highest BCUT2D eigenvalue weighted by Crippen LogP contribution is 2.26. The van der Waals surface area contributed by atoms with E-state index in [-0.39, 0.29) is 5.91 Å². The predicted octanol–water partition coefficient (Wildman–Crippen LogP) is 3.20. The predicted molar refractivity (Wildman–Crippen MR) is 98.3 cm³/mol. The standard InChI is InChI=1S/C18H20BrN3O2/c1-22-9-8-14-12(11-22)4-3-5-16(14)20-21-18(23)15-10-13(19)6-7-17(15)24-2/h3-7,10,20H,8-9,11H2,1-2H3,(H,21,23). The molecule has 126 valence electrons. The highest BCUT2D eigenvalue weighted by Gasteiger charge is 2.17. The van der Waals surface area contributed by atoms with E-state index in [0.29, 0.717) is 11.3 Å². The number of carbonyl (C=O) groups is 1. The van der Waals surface area contributed by atoms with Gasteiger partial charge in [-0.1, -0.05) is 28.1 Å². The van der Waals surface area contributed by atoms with Crippen molar-refractivity contribution >= 4 is 27.5 Å². The molecule has 0 aromatic heterocycles. The van der Waals surface area contributed by atoms with Crippen molar-refractivity contribution in [2.24, 2.45) is 0 Å². The Balaban J connectivity index is 1.76. The lowest BCUT2D eigenvalue weighted by Gasteiger charge is -2.27. The van der Waals surface area contributed by atoms with Crippen LogP contribution in [0.2, 0.25) is 0 Å². The van der Waals surface area contributed by atoms with Crippen molar-refractivity contribution in [2.45, 2.75) is 13.0 Å². The zero-order valence-electron chi connectivity index (χ0n) is 13.7. The van der Waals surface area contributed by atoms with E-state index >= 15 is 0 Å². The summed E-state index contributed by atoms with van der Waals surface area (Å²) in [6.07, 6.45) is 0.963. The number of amides is 1. The van der Waals surface area contributed by atoms with E-state index in [1.54, 1.807) is 19.2 Å². The van der Waals surface area contributed by atoms with E-state index in [1.807, 2.05) is 18.2 Å². The number of benzene rings is 2. The third kappa shape index (κ3) is 3.55. The minimum Gasteiger partial charge on any atom is -0.496 e. The number of nitrogens with one attached hydrogen (secondary N) is 2. The lowest BCUT2D eigenvalue weighted by atomic mass is 9.98. The third-order valence-electron chi connectivity index (χ3n) is 4.17. The number of ether oxygens (including phenoxy) is 1. The van der Waals surface area contributed by atoms with Crippen LogP contribution < -0.4 is 15.6 Å². The second-order valence-electron chi connectivity index (χ2n) is 5.85. The SMILES string of the molecule is COc1ccc(Br)cc1C(=O)NNc1cccc2c1CCN(C)C2. The molecular weight excluding hydrogens is 370 g/mol. The highest BCUT2D eigenvalue weighted by molar-refractivity contribution is 9.10. The first-order valence-electron chi connectivity index (χ1n) is 7.77. The van der Waals surface area contributed by atoms with Crippen molar-refractivity contribution in [3.63, 3.8) is 0 Å². The minimum atomic E-state index is -0.237. The summed E-state index contributed by atoms with van der Waals surface area (Å²) in [5, 5.41) is 0. The Hall–Kier alpha value is -2.05. The van der Waals surface area contributed by atoms with Gasteiger partial charge in [0.1, 0.15) is 5.75 Å². The number of hydrogen-bond donors (Lipinski definition) is 2. The Morgan fingerprint density at radius 3 is 2.92 bits per heavy atom. The maximum atomic E-state index is 12.5. The summed E-state index contributed by atoms with van der Waals surface area (Å²) in [4.78, 5) is 14.8. The van der Waals surface area contributed by atoms with Gasteiger partial charge in [0, 0.05) is 17.6 Å². The van der Waals surface area contributed by atoms with Gasteiger partial charge in [-0.15, -0.1) is 0 Å². The van der Waals surface area contributed by atoms with Crippen LogP contribution in [0.25, 0.3) is 0 Å². The molecule has 2 aromatic rings.